The summed E-state index contributed by atoms with van der Waals surface area (Å²) in [4.78, 5) is 8.21. The number of benzene rings is 1. The molecule has 1 N–H and O–H groups in total. The maximum Gasteiger partial charge on any atom is 0.416 e. The quantitative estimate of drug-likeness (QED) is 0.823. The average Bonchev–Trinajstić information content (AvgIpc) is 2.34. The van der Waals surface area contributed by atoms with E-state index in [4.69, 9.17) is 23.2 Å². The van der Waals surface area contributed by atoms with Gasteiger partial charge in [-0.2, -0.15) is 13.2 Å². The van der Waals surface area contributed by atoms with Crippen LogP contribution >= 0.6 is 23.2 Å². The van der Waals surface area contributed by atoms with E-state index in [2.05, 4.69) is 15.3 Å². The molecule has 0 atom stereocenters. The maximum atomic E-state index is 12.7. The fourth-order valence-electron chi connectivity index (χ4n) is 1.62. The van der Waals surface area contributed by atoms with Gasteiger partial charge in [0, 0.05) is 10.7 Å². The van der Waals surface area contributed by atoms with Crippen LogP contribution in [0.2, 0.25) is 10.2 Å². The summed E-state index contributed by atoms with van der Waals surface area (Å²) in [7, 11) is 0. The first-order chi connectivity index (χ1) is 9.66. The van der Waals surface area contributed by atoms with Crippen molar-refractivity contribution < 1.29 is 13.2 Å². The lowest BCUT2D eigenvalue weighted by molar-refractivity contribution is -0.137. The van der Waals surface area contributed by atoms with Crippen molar-refractivity contribution >= 4 is 34.7 Å². The third-order valence-corrected chi connectivity index (χ3v) is 3.23. The second kappa shape index (κ2) is 5.69. The second-order valence-electron chi connectivity index (χ2n) is 4.39. The van der Waals surface area contributed by atoms with Crippen LogP contribution in [-0.2, 0) is 6.18 Å². The Kier molecular flexibility index (Phi) is 4.30. The molecule has 0 fully saturated rings. The van der Waals surface area contributed by atoms with E-state index in [9.17, 15) is 13.2 Å². The average molecular weight is 336 g/mol. The summed E-state index contributed by atoms with van der Waals surface area (Å²) >= 11 is 11.6. The van der Waals surface area contributed by atoms with Crippen molar-refractivity contribution in [2.45, 2.75) is 20.0 Å². The van der Waals surface area contributed by atoms with Crippen molar-refractivity contribution in [3.63, 3.8) is 0 Å². The fourth-order valence-corrected chi connectivity index (χ4v) is 2.07. The number of alkyl halides is 3. The lowest BCUT2D eigenvalue weighted by Gasteiger charge is -2.12. The Labute approximate surface area is 129 Å². The third-order valence-electron chi connectivity index (χ3n) is 2.75. The Morgan fingerprint density at radius 2 is 1.62 bits per heavy atom. The normalized spacial score (nSPS) is 11.6. The minimum absolute atomic E-state index is 0.0414. The number of nitrogens with one attached hydrogen (secondary N) is 1. The third kappa shape index (κ3) is 3.77. The minimum Gasteiger partial charge on any atom is -0.338 e. The molecule has 0 spiro atoms. The topological polar surface area (TPSA) is 37.8 Å². The SMILES string of the molecule is Cc1nc(Cl)c(Nc2cc(Cl)cc(C(F)(F)F)c2)nc1C. The van der Waals surface area contributed by atoms with Crippen LogP contribution in [0.3, 0.4) is 0 Å². The second-order valence-corrected chi connectivity index (χ2v) is 5.18. The molecule has 0 saturated carbocycles. The lowest BCUT2D eigenvalue weighted by atomic mass is 10.2. The van der Waals surface area contributed by atoms with Crippen LogP contribution in [0.1, 0.15) is 17.0 Å². The minimum atomic E-state index is -4.49. The van der Waals surface area contributed by atoms with E-state index in [1.165, 1.54) is 6.07 Å². The molecule has 2 rings (SSSR count). The molecular weight excluding hydrogens is 326 g/mol. The summed E-state index contributed by atoms with van der Waals surface area (Å²) in [5.74, 6) is 0.176. The molecule has 1 aromatic carbocycles. The molecule has 0 aliphatic rings. The molecule has 2 aromatic rings. The number of rotatable bonds is 2. The Morgan fingerprint density at radius 1 is 1.00 bits per heavy atom. The first kappa shape index (κ1) is 15.9. The van der Waals surface area contributed by atoms with Gasteiger partial charge in [0.05, 0.1) is 17.0 Å². The van der Waals surface area contributed by atoms with E-state index < -0.39 is 11.7 Å². The summed E-state index contributed by atoms with van der Waals surface area (Å²) in [6.07, 6.45) is -4.49. The molecule has 1 aromatic heterocycles. The van der Waals surface area contributed by atoms with Crippen molar-refractivity contribution in [3.05, 3.63) is 45.3 Å². The monoisotopic (exact) mass is 335 g/mol. The number of nitrogens with zero attached hydrogens (tertiary/aromatic N) is 2. The van der Waals surface area contributed by atoms with Gasteiger partial charge in [0.25, 0.3) is 0 Å². The van der Waals surface area contributed by atoms with Crippen molar-refractivity contribution in [2.24, 2.45) is 0 Å². The van der Waals surface area contributed by atoms with Gasteiger partial charge in [0.1, 0.15) is 0 Å². The van der Waals surface area contributed by atoms with E-state index in [0.29, 0.717) is 11.4 Å². The Morgan fingerprint density at radius 3 is 2.24 bits per heavy atom. The Balaban J connectivity index is 2.40. The molecule has 112 valence electrons. The van der Waals surface area contributed by atoms with Gasteiger partial charge in [-0.25, -0.2) is 9.97 Å². The molecule has 3 nitrogen and oxygen atoms in total. The van der Waals surface area contributed by atoms with Crippen LogP contribution in [-0.4, -0.2) is 9.97 Å². The maximum absolute atomic E-state index is 12.7. The standard InChI is InChI=1S/C13H10Cl2F3N3/c1-6-7(2)20-12(11(15)19-6)21-10-4-8(13(16,17)18)3-9(14)5-10/h3-5H,1-2H3,(H,20,21). The van der Waals surface area contributed by atoms with Gasteiger partial charge in [0.2, 0.25) is 0 Å². The molecule has 0 amide bonds. The molecule has 8 heteroatoms. The first-order valence-corrected chi connectivity index (χ1v) is 6.58. The van der Waals surface area contributed by atoms with E-state index in [1.807, 2.05) is 0 Å². The highest BCUT2D eigenvalue weighted by Crippen LogP contribution is 2.34. The van der Waals surface area contributed by atoms with Crippen molar-refractivity contribution in [3.8, 4) is 0 Å². The summed E-state index contributed by atoms with van der Waals surface area (Å²) in [6, 6.07) is 3.13. The van der Waals surface area contributed by atoms with Gasteiger partial charge in [-0.1, -0.05) is 23.2 Å². The molecule has 0 radical (unpaired) electrons. The summed E-state index contributed by atoms with van der Waals surface area (Å²) in [5.41, 5.74) is 0.548. The van der Waals surface area contributed by atoms with Gasteiger partial charge < -0.3 is 5.32 Å². The van der Waals surface area contributed by atoms with Crippen molar-refractivity contribution in [1.82, 2.24) is 9.97 Å². The van der Waals surface area contributed by atoms with Gasteiger partial charge in [0.15, 0.2) is 11.0 Å². The van der Waals surface area contributed by atoms with Crippen LogP contribution in [0.4, 0.5) is 24.7 Å². The summed E-state index contributed by atoms with van der Waals surface area (Å²) in [6.45, 7) is 3.46. The van der Waals surface area contributed by atoms with Gasteiger partial charge in [-0.3, -0.25) is 0 Å². The predicted octanol–water partition coefficient (Wildman–Crippen LogP) is 5.16. The Hall–Kier alpha value is -1.53. The van der Waals surface area contributed by atoms with Crippen LogP contribution in [0.15, 0.2) is 18.2 Å². The smallest absolute Gasteiger partial charge is 0.338 e. The zero-order valence-corrected chi connectivity index (χ0v) is 12.5. The number of aromatic nitrogens is 2. The largest absolute Gasteiger partial charge is 0.416 e. The molecule has 21 heavy (non-hydrogen) atoms. The van der Waals surface area contributed by atoms with Crippen molar-refractivity contribution in [2.75, 3.05) is 5.32 Å². The highest BCUT2D eigenvalue weighted by atomic mass is 35.5. The molecule has 0 aliphatic heterocycles. The molecule has 0 unspecified atom stereocenters. The highest BCUT2D eigenvalue weighted by Gasteiger charge is 2.31. The number of hydrogen-bond donors (Lipinski definition) is 1. The summed E-state index contributed by atoms with van der Waals surface area (Å²) in [5, 5.41) is 2.74. The number of anilines is 2. The first-order valence-electron chi connectivity index (χ1n) is 5.82. The molecule has 0 bridgehead atoms. The molecule has 0 aliphatic carbocycles. The van der Waals surface area contributed by atoms with Crippen LogP contribution in [0, 0.1) is 13.8 Å². The fraction of sp³-hybridized carbons (Fsp3) is 0.231. The van der Waals surface area contributed by atoms with Crippen LogP contribution in [0.5, 0.6) is 0 Å². The molecule has 1 heterocycles. The van der Waals surface area contributed by atoms with Crippen molar-refractivity contribution in [1.29, 1.82) is 0 Å². The van der Waals surface area contributed by atoms with Crippen LogP contribution in [0.25, 0.3) is 0 Å². The number of halogens is 5. The zero-order chi connectivity index (χ0) is 15.8. The van der Waals surface area contributed by atoms with Gasteiger partial charge in [-0.15, -0.1) is 0 Å². The van der Waals surface area contributed by atoms with E-state index in [0.717, 1.165) is 12.1 Å². The van der Waals surface area contributed by atoms with Crippen LogP contribution < -0.4 is 5.32 Å². The Bertz CT molecular complexity index is 687. The number of hydrogen-bond acceptors (Lipinski definition) is 3. The van der Waals surface area contributed by atoms with E-state index >= 15 is 0 Å². The number of aryl methyl sites for hydroxylation is 2. The molecule has 0 saturated heterocycles. The van der Waals surface area contributed by atoms with E-state index in [-0.39, 0.29) is 21.7 Å². The highest BCUT2D eigenvalue weighted by molar-refractivity contribution is 6.32. The van der Waals surface area contributed by atoms with Gasteiger partial charge in [-0.05, 0) is 32.0 Å². The lowest BCUT2D eigenvalue weighted by Crippen LogP contribution is -2.06. The summed E-state index contributed by atoms with van der Waals surface area (Å²) < 4.78 is 38.2. The predicted molar refractivity (Wildman–Crippen MR) is 76.3 cm³/mol. The van der Waals surface area contributed by atoms with E-state index in [1.54, 1.807) is 13.8 Å². The van der Waals surface area contributed by atoms with Gasteiger partial charge >= 0.3 is 6.18 Å². The molecular formula is C13H10Cl2F3N3. The zero-order valence-electron chi connectivity index (χ0n) is 11.0.